The van der Waals surface area contributed by atoms with Crippen LogP contribution in [0, 0.1) is 5.92 Å². The second-order valence-electron chi connectivity index (χ2n) is 5.61. The molecule has 0 heterocycles. The van der Waals surface area contributed by atoms with Crippen molar-refractivity contribution in [1.29, 1.82) is 0 Å². The summed E-state index contributed by atoms with van der Waals surface area (Å²) >= 11 is 0. The highest BCUT2D eigenvalue weighted by atomic mass is 16.4. The number of nitrogens with one attached hydrogen (secondary N) is 2. The van der Waals surface area contributed by atoms with Gasteiger partial charge in [-0.15, -0.1) is 0 Å². The molecule has 5 nitrogen and oxygen atoms in total. The number of carboxylic acids is 1. The summed E-state index contributed by atoms with van der Waals surface area (Å²) < 4.78 is 0. The number of hydrogen-bond donors (Lipinski definition) is 3. The fourth-order valence-corrected chi connectivity index (χ4v) is 2.30. The van der Waals surface area contributed by atoms with Gasteiger partial charge in [0.1, 0.15) is 6.04 Å². The van der Waals surface area contributed by atoms with Crippen LogP contribution in [0.3, 0.4) is 0 Å². The van der Waals surface area contributed by atoms with Gasteiger partial charge in [0.15, 0.2) is 0 Å². The largest absolute Gasteiger partial charge is 0.480 e. The molecule has 0 bridgehead atoms. The fraction of sp³-hybridized carbons (Fsp3) is 0.846. The third-order valence-electron chi connectivity index (χ3n) is 3.68. The Labute approximate surface area is 108 Å². The van der Waals surface area contributed by atoms with Gasteiger partial charge in [-0.05, 0) is 38.0 Å². The summed E-state index contributed by atoms with van der Waals surface area (Å²) in [5.41, 5.74) is -0.106. The van der Waals surface area contributed by atoms with E-state index in [1.54, 1.807) is 0 Å². The summed E-state index contributed by atoms with van der Waals surface area (Å²) in [4.78, 5) is 22.9. The maximum atomic E-state index is 11.8. The van der Waals surface area contributed by atoms with E-state index in [0.29, 0.717) is 6.42 Å². The molecule has 1 atom stereocenters. The van der Waals surface area contributed by atoms with E-state index in [4.69, 9.17) is 5.11 Å². The minimum atomic E-state index is -0.974. The van der Waals surface area contributed by atoms with E-state index in [0.717, 1.165) is 25.7 Å². The molecule has 3 N–H and O–H groups in total. The lowest BCUT2D eigenvalue weighted by molar-refractivity contribution is -0.139. The minimum Gasteiger partial charge on any atom is -0.480 e. The van der Waals surface area contributed by atoms with E-state index in [2.05, 4.69) is 10.6 Å². The van der Waals surface area contributed by atoms with E-state index >= 15 is 0 Å². The van der Waals surface area contributed by atoms with Crippen molar-refractivity contribution in [3.05, 3.63) is 0 Å². The molecule has 0 spiro atoms. The first-order chi connectivity index (χ1) is 8.38. The molecule has 0 aromatic heterocycles. The van der Waals surface area contributed by atoms with Crippen LogP contribution < -0.4 is 10.6 Å². The van der Waals surface area contributed by atoms with Crippen LogP contribution in [0.5, 0.6) is 0 Å². The molecule has 2 amide bonds. The average Bonchev–Trinajstić information content (AvgIpc) is 2.21. The van der Waals surface area contributed by atoms with Gasteiger partial charge in [-0.2, -0.15) is 0 Å². The van der Waals surface area contributed by atoms with Crippen molar-refractivity contribution in [2.45, 2.75) is 64.5 Å². The lowest BCUT2D eigenvalue weighted by Crippen LogP contribution is -2.58. The quantitative estimate of drug-likeness (QED) is 0.681. The molecule has 1 saturated carbocycles. The zero-order chi connectivity index (χ0) is 13.8. The van der Waals surface area contributed by atoms with Crippen LogP contribution in [0.2, 0.25) is 0 Å². The number of hydrogen-bond acceptors (Lipinski definition) is 2. The van der Waals surface area contributed by atoms with Crippen molar-refractivity contribution in [3.63, 3.8) is 0 Å². The molecule has 0 saturated heterocycles. The van der Waals surface area contributed by atoms with Crippen molar-refractivity contribution in [3.8, 4) is 0 Å². The molecule has 0 aliphatic heterocycles. The summed E-state index contributed by atoms with van der Waals surface area (Å²) in [6, 6.07) is -1.16. The van der Waals surface area contributed by atoms with Gasteiger partial charge in [-0.3, -0.25) is 0 Å². The number of carboxylic acid groups (broad SMARTS) is 1. The number of carbonyl (C=O) groups excluding carboxylic acids is 1. The summed E-state index contributed by atoms with van der Waals surface area (Å²) in [5.74, 6) is -0.742. The highest BCUT2D eigenvalue weighted by Gasteiger charge is 2.37. The van der Waals surface area contributed by atoms with E-state index in [-0.39, 0.29) is 17.5 Å². The predicted octanol–water partition coefficient (Wildman–Crippen LogP) is 2.12. The van der Waals surface area contributed by atoms with Gasteiger partial charge in [0, 0.05) is 5.54 Å². The Balaban J connectivity index is 2.48. The van der Waals surface area contributed by atoms with Crippen LogP contribution >= 0.6 is 0 Å². The number of carbonyl (C=O) groups is 2. The van der Waals surface area contributed by atoms with Crippen molar-refractivity contribution in [2.24, 2.45) is 5.92 Å². The normalized spacial score (nSPS) is 18.9. The minimum absolute atomic E-state index is 0.106. The van der Waals surface area contributed by atoms with Crippen LogP contribution in [0.15, 0.2) is 0 Å². The number of aliphatic carboxylic acids is 1. The van der Waals surface area contributed by atoms with E-state index in [9.17, 15) is 9.59 Å². The number of urea groups is 1. The van der Waals surface area contributed by atoms with Crippen molar-refractivity contribution in [1.82, 2.24) is 10.6 Å². The zero-order valence-corrected chi connectivity index (χ0v) is 11.5. The predicted molar refractivity (Wildman–Crippen MR) is 69.4 cm³/mol. The van der Waals surface area contributed by atoms with Gasteiger partial charge < -0.3 is 15.7 Å². The molecular formula is C13H24N2O3. The van der Waals surface area contributed by atoms with Crippen molar-refractivity contribution in [2.75, 3.05) is 0 Å². The highest BCUT2D eigenvalue weighted by molar-refractivity contribution is 5.82. The molecular weight excluding hydrogens is 232 g/mol. The van der Waals surface area contributed by atoms with Crippen molar-refractivity contribution < 1.29 is 14.7 Å². The second-order valence-corrected chi connectivity index (χ2v) is 5.61. The lowest BCUT2D eigenvalue weighted by Gasteiger charge is -2.42. The summed E-state index contributed by atoms with van der Waals surface area (Å²) in [6.45, 7) is 5.92. The SMILES string of the molecule is CCC1(NC(=O)NC(CC(C)C)C(=O)O)CCC1. The zero-order valence-electron chi connectivity index (χ0n) is 11.5. The molecule has 1 aliphatic rings. The Morgan fingerprint density at radius 2 is 1.94 bits per heavy atom. The topological polar surface area (TPSA) is 78.4 Å². The Morgan fingerprint density at radius 1 is 1.33 bits per heavy atom. The highest BCUT2D eigenvalue weighted by Crippen LogP contribution is 2.34. The molecule has 1 aliphatic carbocycles. The molecule has 1 unspecified atom stereocenters. The first-order valence-corrected chi connectivity index (χ1v) is 6.70. The molecule has 1 rings (SSSR count). The maximum absolute atomic E-state index is 11.8. The number of rotatable bonds is 6. The van der Waals surface area contributed by atoms with Crippen molar-refractivity contribution >= 4 is 12.0 Å². The molecule has 0 aromatic carbocycles. The summed E-state index contributed by atoms with van der Waals surface area (Å²) in [6.07, 6.45) is 4.43. The van der Waals surface area contributed by atoms with Crippen LogP contribution in [-0.4, -0.2) is 28.7 Å². The molecule has 104 valence electrons. The first kappa shape index (κ1) is 14.8. The standard InChI is InChI=1S/C13H24N2O3/c1-4-13(6-5-7-13)15-12(18)14-10(11(16)17)8-9(2)3/h9-10H,4-8H2,1-3H3,(H,16,17)(H2,14,15,18). The third-order valence-corrected chi connectivity index (χ3v) is 3.68. The van der Waals surface area contributed by atoms with E-state index < -0.39 is 12.0 Å². The Bertz CT molecular complexity index is 306. The van der Waals surface area contributed by atoms with E-state index in [1.165, 1.54) is 0 Å². The van der Waals surface area contributed by atoms with Crippen LogP contribution in [-0.2, 0) is 4.79 Å². The third kappa shape index (κ3) is 3.89. The molecule has 18 heavy (non-hydrogen) atoms. The molecule has 1 fully saturated rings. The fourth-order valence-electron chi connectivity index (χ4n) is 2.30. The molecule has 0 radical (unpaired) electrons. The summed E-state index contributed by atoms with van der Waals surface area (Å²) in [7, 11) is 0. The van der Waals surface area contributed by atoms with Gasteiger partial charge in [0.2, 0.25) is 0 Å². The van der Waals surface area contributed by atoms with E-state index in [1.807, 2.05) is 20.8 Å². The Kier molecular flexibility index (Phi) is 4.99. The van der Waals surface area contributed by atoms with Crippen LogP contribution in [0.1, 0.15) is 52.9 Å². The lowest BCUT2D eigenvalue weighted by atomic mass is 9.75. The molecule has 5 heteroatoms. The first-order valence-electron chi connectivity index (χ1n) is 6.70. The van der Waals surface area contributed by atoms with Crippen LogP contribution in [0.4, 0.5) is 4.79 Å². The van der Waals surface area contributed by atoms with Gasteiger partial charge in [0.25, 0.3) is 0 Å². The van der Waals surface area contributed by atoms with Gasteiger partial charge in [-0.1, -0.05) is 20.8 Å². The Hall–Kier alpha value is -1.26. The number of amides is 2. The Morgan fingerprint density at radius 3 is 2.28 bits per heavy atom. The maximum Gasteiger partial charge on any atom is 0.326 e. The van der Waals surface area contributed by atoms with Gasteiger partial charge in [0.05, 0.1) is 0 Å². The molecule has 0 aromatic rings. The average molecular weight is 256 g/mol. The van der Waals surface area contributed by atoms with Gasteiger partial charge >= 0.3 is 12.0 Å². The second kappa shape index (κ2) is 6.07. The smallest absolute Gasteiger partial charge is 0.326 e. The monoisotopic (exact) mass is 256 g/mol. The van der Waals surface area contributed by atoms with Gasteiger partial charge in [-0.25, -0.2) is 9.59 Å². The summed E-state index contributed by atoms with van der Waals surface area (Å²) in [5, 5.41) is 14.5. The van der Waals surface area contributed by atoms with Crippen LogP contribution in [0.25, 0.3) is 0 Å².